The Kier molecular flexibility index (Phi) is 2.51. The molecule has 1 aromatic heterocycles. The number of hydrogen-bond acceptors (Lipinski definition) is 4. The molecule has 4 heteroatoms. The normalized spacial score (nSPS) is 12.7. The Labute approximate surface area is 88.1 Å². The summed E-state index contributed by atoms with van der Waals surface area (Å²) < 4.78 is 5.13. The summed E-state index contributed by atoms with van der Waals surface area (Å²) in [6.45, 7) is 3.84. The lowest BCUT2D eigenvalue weighted by atomic mass is 10.1. The molecule has 0 saturated heterocycles. The minimum atomic E-state index is -0.202. The molecule has 1 atom stereocenters. The molecular formula is C11H13N3O. The first kappa shape index (κ1) is 9.86. The predicted molar refractivity (Wildman–Crippen MR) is 57.1 cm³/mol. The lowest BCUT2D eigenvalue weighted by Crippen LogP contribution is -2.06. The Morgan fingerprint density at radius 3 is 2.80 bits per heavy atom. The van der Waals surface area contributed by atoms with Crippen molar-refractivity contribution in [1.82, 2.24) is 10.1 Å². The molecule has 0 spiro atoms. The van der Waals surface area contributed by atoms with Gasteiger partial charge in [-0.2, -0.15) is 4.98 Å². The monoisotopic (exact) mass is 203 g/mol. The largest absolute Gasteiger partial charge is 0.334 e. The van der Waals surface area contributed by atoms with E-state index in [2.05, 4.69) is 10.1 Å². The van der Waals surface area contributed by atoms with Gasteiger partial charge in [0.1, 0.15) is 0 Å². The predicted octanol–water partition coefficient (Wildman–Crippen LogP) is 2.06. The first-order chi connectivity index (χ1) is 7.16. The molecule has 15 heavy (non-hydrogen) atoms. The maximum atomic E-state index is 5.65. The Balaban J connectivity index is 2.37. The van der Waals surface area contributed by atoms with Gasteiger partial charge in [0.05, 0.1) is 6.04 Å². The number of hydrogen-bond donors (Lipinski definition) is 1. The summed E-state index contributed by atoms with van der Waals surface area (Å²) in [4.78, 5) is 4.22. The SMILES string of the molecule is Cc1cccc(-c2nc([C@@H](C)N)no2)c1. The van der Waals surface area contributed by atoms with Gasteiger partial charge >= 0.3 is 0 Å². The molecule has 0 fully saturated rings. The molecule has 0 amide bonds. The highest BCUT2D eigenvalue weighted by atomic mass is 16.5. The summed E-state index contributed by atoms with van der Waals surface area (Å²) in [5, 5.41) is 3.81. The fraction of sp³-hybridized carbons (Fsp3) is 0.273. The van der Waals surface area contributed by atoms with Crippen LogP contribution >= 0.6 is 0 Å². The van der Waals surface area contributed by atoms with Gasteiger partial charge < -0.3 is 10.3 Å². The van der Waals surface area contributed by atoms with E-state index in [1.54, 1.807) is 0 Å². The maximum Gasteiger partial charge on any atom is 0.257 e. The Morgan fingerprint density at radius 2 is 2.20 bits per heavy atom. The van der Waals surface area contributed by atoms with Crippen LogP contribution in [0.15, 0.2) is 28.8 Å². The first-order valence-corrected chi connectivity index (χ1v) is 4.83. The summed E-state index contributed by atoms with van der Waals surface area (Å²) in [5.41, 5.74) is 7.74. The Hall–Kier alpha value is -1.68. The molecule has 2 aromatic rings. The summed E-state index contributed by atoms with van der Waals surface area (Å²) in [6, 6.07) is 7.71. The maximum absolute atomic E-state index is 5.65. The van der Waals surface area contributed by atoms with Gasteiger partial charge in [-0.15, -0.1) is 0 Å². The molecule has 1 aromatic carbocycles. The number of rotatable bonds is 2. The van der Waals surface area contributed by atoms with Gasteiger partial charge in [0.25, 0.3) is 5.89 Å². The Morgan fingerprint density at radius 1 is 1.40 bits per heavy atom. The first-order valence-electron chi connectivity index (χ1n) is 4.83. The van der Waals surface area contributed by atoms with Crippen LogP contribution in [0.5, 0.6) is 0 Å². The smallest absolute Gasteiger partial charge is 0.257 e. The summed E-state index contributed by atoms with van der Waals surface area (Å²) in [6.07, 6.45) is 0. The van der Waals surface area contributed by atoms with E-state index in [0.717, 1.165) is 11.1 Å². The van der Waals surface area contributed by atoms with E-state index in [1.807, 2.05) is 38.1 Å². The third-order valence-electron chi connectivity index (χ3n) is 2.11. The molecular weight excluding hydrogens is 190 g/mol. The van der Waals surface area contributed by atoms with E-state index in [0.29, 0.717) is 11.7 Å². The van der Waals surface area contributed by atoms with Gasteiger partial charge in [-0.3, -0.25) is 0 Å². The quantitative estimate of drug-likeness (QED) is 0.811. The molecule has 1 heterocycles. The number of benzene rings is 1. The van der Waals surface area contributed by atoms with E-state index in [1.165, 1.54) is 0 Å². The van der Waals surface area contributed by atoms with Crippen LogP contribution < -0.4 is 5.73 Å². The van der Waals surface area contributed by atoms with E-state index in [4.69, 9.17) is 10.3 Å². The Bertz CT molecular complexity index is 462. The van der Waals surface area contributed by atoms with Gasteiger partial charge in [-0.05, 0) is 26.0 Å². The zero-order valence-corrected chi connectivity index (χ0v) is 8.77. The van der Waals surface area contributed by atoms with E-state index in [-0.39, 0.29) is 6.04 Å². The van der Waals surface area contributed by atoms with Crippen molar-refractivity contribution in [1.29, 1.82) is 0 Å². The van der Waals surface area contributed by atoms with Crippen LogP contribution in [0.4, 0.5) is 0 Å². The lowest BCUT2D eigenvalue weighted by molar-refractivity contribution is 0.418. The highest BCUT2D eigenvalue weighted by Gasteiger charge is 2.11. The zero-order chi connectivity index (χ0) is 10.8. The van der Waals surface area contributed by atoms with Crippen molar-refractivity contribution in [2.45, 2.75) is 19.9 Å². The molecule has 0 unspecified atom stereocenters. The van der Waals surface area contributed by atoms with Gasteiger partial charge in [0.2, 0.25) is 0 Å². The number of aryl methyl sites for hydroxylation is 1. The van der Waals surface area contributed by atoms with Crippen LogP contribution in [0, 0.1) is 6.92 Å². The average molecular weight is 203 g/mol. The van der Waals surface area contributed by atoms with Gasteiger partial charge in [0.15, 0.2) is 5.82 Å². The van der Waals surface area contributed by atoms with Crippen LogP contribution in [0.2, 0.25) is 0 Å². The summed E-state index contributed by atoms with van der Waals surface area (Å²) in [7, 11) is 0. The molecule has 0 radical (unpaired) electrons. The molecule has 0 aliphatic heterocycles. The highest BCUT2D eigenvalue weighted by Crippen LogP contribution is 2.19. The third kappa shape index (κ3) is 2.05. The standard InChI is InChI=1S/C11H13N3O/c1-7-4-3-5-9(6-7)11-13-10(8(2)12)14-15-11/h3-6,8H,12H2,1-2H3/t8-/m1/s1. The third-order valence-corrected chi connectivity index (χ3v) is 2.11. The van der Waals surface area contributed by atoms with E-state index >= 15 is 0 Å². The molecule has 0 aliphatic rings. The van der Waals surface area contributed by atoms with Crippen molar-refractivity contribution in [3.63, 3.8) is 0 Å². The number of nitrogens with zero attached hydrogens (tertiary/aromatic N) is 2. The van der Waals surface area contributed by atoms with Crippen molar-refractivity contribution in [3.05, 3.63) is 35.7 Å². The van der Waals surface area contributed by atoms with Crippen LogP contribution in [0.25, 0.3) is 11.5 Å². The zero-order valence-electron chi connectivity index (χ0n) is 8.77. The van der Waals surface area contributed by atoms with Crippen molar-refractivity contribution >= 4 is 0 Å². The van der Waals surface area contributed by atoms with Crippen molar-refractivity contribution in [3.8, 4) is 11.5 Å². The molecule has 2 rings (SSSR count). The van der Waals surface area contributed by atoms with Gasteiger partial charge in [0, 0.05) is 5.56 Å². The second-order valence-corrected chi connectivity index (χ2v) is 3.62. The topological polar surface area (TPSA) is 64.9 Å². The minimum absolute atomic E-state index is 0.202. The molecule has 0 aliphatic carbocycles. The van der Waals surface area contributed by atoms with Crippen molar-refractivity contribution in [2.75, 3.05) is 0 Å². The van der Waals surface area contributed by atoms with Crippen molar-refractivity contribution < 1.29 is 4.52 Å². The second kappa shape index (κ2) is 3.82. The molecule has 4 nitrogen and oxygen atoms in total. The van der Waals surface area contributed by atoms with Crippen LogP contribution in [-0.4, -0.2) is 10.1 Å². The van der Waals surface area contributed by atoms with Gasteiger partial charge in [-0.1, -0.05) is 22.9 Å². The van der Waals surface area contributed by atoms with Gasteiger partial charge in [-0.25, -0.2) is 0 Å². The molecule has 0 saturated carbocycles. The fourth-order valence-electron chi connectivity index (χ4n) is 1.32. The second-order valence-electron chi connectivity index (χ2n) is 3.62. The lowest BCUT2D eigenvalue weighted by Gasteiger charge is -1.95. The summed E-state index contributed by atoms with van der Waals surface area (Å²) >= 11 is 0. The average Bonchev–Trinajstić information content (AvgIpc) is 2.66. The molecule has 2 N–H and O–H groups in total. The van der Waals surface area contributed by atoms with Crippen molar-refractivity contribution in [2.24, 2.45) is 5.73 Å². The van der Waals surface area contributed by atoms with Crippen LogP contribution in [0.3, 0.4) is 0 Å². The summed E-state index contributed by atoms with van der Waals surface area (Å²) in [5.74, 6) is 1.05. The molecule has 0 bridgehead atoms. The molecule has 78 valence electrons. The van der Waals surface area contributed by atoms with E-state index < -0.39 is 0 Å². The van der Waals surface area contributed by atoms with E-state index in [9.17, 15) is 0 Å². The van der Waals surface area contributed by atoms with Crippen LogP contribution in [-0.2, 0) is 0 Å². The number of aromatic nitrogens is 2. The fourth-order valence-corrected chi connectivity index (χ4v) is 1.32. The van der Waals surface area contributed by atoms with Crippen LogP contribution in [0.1, 0.15) is 24.4 Å². The highest BCUT2D eigenvalue weighted by molar-refractivity contribution is 5.53. The minimum Gasteiger partial charge on any atom is -0.334 e. The number of nitrogens with two attached hydrogens (primary N) is 1.